The Morgan fingerprint density at radius 1 is 1.32 bits per heavy atom. The molecule has 22 heavy (non-hydrogen) atoms. The molecule has 1 aromatic rings. The maximum absolute atomic E-state index is 11.5. The zero-order chi connectivity index (χ0) is 15.8. The number of nitrogens with zero attached hydrogens (tertiary/aromatic N) is 1. The van der Waals surface area contributed by atoms with Gasteiger partial charge in [0.1, 0.15) is 6.04 Å². The molecule has 0 radical (unpaired) electrons. The topological polar surface area (TPSA) is 48.0 Å². The number of benzene rings is 1. The number of carbonyl (C=O) groups excluding carboxylic acids is 1. The van der Waals surface area contributed by atoms with Crippen LogP contribution in [0.15, 0.2) is 30.3 Å². The molecule has 1 aromatic carbocycles. The molecule has 5 nitrogen and oxygen atoms in total. The Kier molecular flexibility index (Phi) is 7.12. The van der Waals surface area contributed by atoms with Gasteiger partial charge in [0, 0.05) is 26.2 Å². The van der Waals surface area contributed by atoms with Gasteiger partial charge in [-0.15, -0.1) is 0 Å². The first kappa shape index (κ1) is 17.2. The number of carbonyl (C=O) groups is 1. The first-order valence-electron chi connectivity index (χ1n) is 7.44. The van der Waals surface area contributed by atoms with Gasteiger partial charge in [0.2, 0.25) is 0 Å². The van der Waals surface area contributed by atoms with Crippen LogP contribution in [0, 0.1) is 0 Å². The maximum atomic E-state index is 11.5. The van der Waals surface area contributed by atoms with Crippen molar-refractivity contribution in [2.75, 3.05) is 26.9 Å². The molecule has 0 aromatic heterocycles. The third-order valence-electron chi connectivity index (χ3n) is 3.57. The molecule has 1 aliphatic rings. The zero-order valence-corrected chi connectivity index (χ0v) is 13.5. The highest BCUT2D eigenvalue weighted by molar-refractivity contribution is 6.15. The van der Waals surface area contributed by atoms with Crippen molar-refractivity contribution in [1.29, 1.82) is 0 Å². The molecule has 2 rings (SSSR count). The van der Waals surface area contributed by atoms with E-state index in [0.29, 0.717) is 32.8 Å². The first-order chi connectivity index (χ1) is 10.7. The molecule has 1 fully saturated rings. The Labute approximate surface area is 136 Å². The van der Waals surface area contributed by atoms with Crippen LogP contribution in [0.1, 0.15) is 18.4 Å². The van der Waals surface area contributed by atoms with E-state index in [0.717, 1.165) is 12.0 Å². The van der Waals surface area contributed by atoms with Crippen molar-refractivity contribution in [2.24, 2.45) is 0 Å². The molecule has 0 unspecified atom stereocenters. The van der Waals surface area contributed by atoms with E-state index in [4.69, 9.17) is 26.0 Å². The van der Waals surface area contributed by atoms with Crippen molar-refractivity contribution >= 4 is 17.7 Å². The molecule has 122 valence electrons. The Morgan fingerprint density at radius 3 is 2.82 bits per heavy atom. The highest BCUT2D eigenvalue weighted by Gasteiger charge is 2.37. The fraction of sp³-hybridized carbons (Fsp3) is 0.562. The summed E-state index contributed by atoms with van der Waals surface area (Å²) in [5.41, 5.74) is 1.16. The third-order valence-corrected chi connectivity index (χ3v) is 3.95. The number of hydrogen-bond acceptors (Lipinski definition) is 5. The van der Waals surface area contributed by atoms with Gasteiger partial charge in [0.15, 0.2) is 0 Å². The molecule has 2 atom stereocenters. The molecular weight excluding hydrogens is 306 g/mol. The van der Waals surface area contributed by atoms with E-state index in [1.165, 1.54) is 11.5 Å². The average Bonchev–Trinajstić information content (AvgIpc) is 2.92. The van der Waals surface area contributed by atoms with Crippen molar-refractivity contribution in [3.8, 4) is 0 Å². The summed E-state index contributed by atoms with van der Waals surface area (Å²) in [5, 5.41) is 0. The van der Waals surface area contributed by atoms with E-state index in [9.17, 15) is 4.79 Å². The summed E-state index contributed by atoms with van der Waals surface area (Å²) in [7, 11) is 1.37. The number of rotatable bonds is 8. The van der Waals surface area contributed by atoms with Gasteiger partial charge in [-0.2, -0.15) is 0 Å². The lowest BCUT2D eigenvalue weighted by atomic mass is 10.2. The summed E-state index contributed by atoms with van der Waals surface area (Å²) in [6.07, 6.45) is 1.35. The molecule has 1 heterocycles. The van der Waals surface area contributed by atoms with Gasteiger partial charge in [0.25, 0.3) is 0 Å². The van der Waals surface area contributed by atoms with E-state index < -0.39 is 6.04 Å². The van der Waals surface area contributed by atoms with E-state index in [-0.39, 0.29) is 12.1 Å². The largest absolute Gasteiger partial charge is 0.468 e. The summed E-state index contributed by atoms with van der Waals surface area (Å²) >= 11 is 6.00. The minimum Gasteiger partial charge on any atom is -0.468 e. The van der Waals surface area contributed by atoms with Crippen LogP contribution in [-0.4, -0.2) is 49.4 Å². The van der Waals surface area contributed by atoms with Gasteiger partial charge in [-0.1, -0.05) is 30.3 Å². The molecule has 1 aliphatic heterocycles. The van der Waals surface area contributed by atoms with E-state index in [1.54, 1.807) is 0 Å². The lowest BCUT2D eigenvalue weighted by Gasteiger charge is -2.12. The summed E-state index contributed by atoms with van der Waals surface area (Å²) in [5.74, 6) is -0.313. The van der Waals surface area contributed by atoms with Crippen LogP contribution in [0.2, 0.25) is 0 Å². The third kappa shape index (κ3) is 5.25. The van der Waals surface area contributed by atoms with Crippen molar-refractivity contribution in [2.45, 2.75) is 31.6 Å². The molecule has 0 amide bonds. The van der Waals surface area contributed by atoms with Crippen molar-refractivity contribution in [3.05, 3.63) is 35.9 Å². The lowest BCUT2D eigenvalue weighted by molar-refractivity contribution is -0.144. The number of methoxy groups -OCH3 is 1. The molecule has 0 spiro atoms. The number of hydrogen-bond donors (Lipinski definition) is 0. The van der Waals surface area contributed by atoms with Crippen molar-refractivity contribution in [3.63, 3.8) is 0 Å². The van der Waals surface area contributed by atoms with Crippen LogP contribution in [0.25, 0.3) is 0 Å². The van der Waals surface area contributed by atoms with Crippen LogP contribution in [0.4, 0.5) is 0 Å². The second-order valence-electron chi connectivity index (χ2n) is 5.24. The van der Waals surface area contributed by atoms with Crippen LogP contribution >= 0.6 is 11.8 Å². The van der Waals surface area contributed by atoms with Crippen LogP contribution in [0.3, 0.4) is 0 Å². The van der Waals surface area contributed by atoms with Gasteiger partial charge in [-0.05, 0) is 23.8 Å². The fourth-order valence-electron chi connectivity index (χ4n) is 2.40. The summed E-state index contributed by atoms with van der Waals surface area (Å²) < 4.78 is 17.5. The van der Waals surface area contributed by atoms with Crippen LogP contribution < -0.4 is 0 Å². The Hall–Kier alpha value is -1.14. The number of ether oxygens (including phenoxy) is 3. The van der Waals surface area contributed by atoms with Gasteiger partial charge < -0.3 is 14.2 Å². The molecule has 0 saturated carbocycles. The fourth-order valence-corrected chi connectivity index (χ4v) is 2.72. The first-order valence-corrected chi connectivity index (χ1v) is 7.78. The quantitative estimate of drug-likeness (QED) is 0.417. The predicted molar refractivity (Wildman–Crippen MR) is 83.4 cm³/mol. The van der Waals surface area contributed by atoms with E-state index >= 15 is 0 Å². The zero-order valence-electron chi connectivity index (χ0n) is 12.7. The smallest absolute Gasteiger partial charge is 0.324 e. The molecule has 0 aliphatic carbocycles. The van der Waals surface area contributed by atoms with Gasteiger partial charge >= 0.3 is 5.97 Å². The van der Waals surface area contributed by atoms with E-state index in [2.05, 4.69) is 0 Å². The normalized spacial score (nSPS) is 21.9. The molecule has 0 bridgehead atoms. The molecule has 1 saturated heterocycles. The SMILES string of the molecule is COC(=O)[C@@H]1C[C@@H](OCCCOCc2ccccc2)CN1Cl. The Balaban J connectivity index is 1.55. The molecular formula is C16H22ClNO4. The number of halogens is 1. The monoisotopic (exact) mass is 327 g/mol. The van der Waals surface area contributed by atoms with E-state index in [1.807, 2.05) is 30.3 Å². The Bertz CT molecular complexity index is 457. The van der Waals surface area contributed by atoms with Gasteiger partial charge in [-0.25, -0.2) is 4.42 Å². The molecule has 6 heteroatoms. The second-order valence-corrected chi connectivity index (χ2v) is 5.68. The summed E-state index contributed by atoms with van der Waals surface area (Å²) in [4.78, 5) is 11.5. The van der Waals surface area contributed by atoms with Crippen LogP contribution in [-0.2, 0) is 25.6 Å². The standard InChI is InChI=1S/C16H22ClNO4/c1-20-16(19)15-10-14(11-18(15)17)22-9-5-8-21-12-13-6-3-2-4-7-13/h2-4,6-7,14-15H,5,8-12H2,1H3/t14-,15+/m1/s1. The highest BCUT2D eigenvalue weighted by atomic mass is 35.5. The highest BCUT2D eigenvalue weighted by Crippen LogP contribution is 2.23. The summed E-state index contributed by atoms with van der Waals surface area (Å²) in [6.45, 7) is 2.39. The minimum atomic E-state index is -0.411. The van der Waals surface area contributed by atoms with Gasteiger partial charge in [-0.3, -0.25) is 4.79 Å². The van der Waals surface area contributed by atoms with Crippen molar-refractivity contribution < 1.29 is 19.0 Å². The van der Waals surface area contributed by atoms with Crippen LogP contribution in [0.5, 0.6) is 0 Å². The lowest BCUT2D eigenvalue weighted by Crippen LogP contribution is -2.30. The second kappa shape index (κ2) is 9.10. The minimum absolute atomic E-state index is 0.0317. The van der Waals surface area contributed by atoms with Crippen molar-refractivity contribution in [1.82, 2.24) is 4.42 Å². The summed E-state index contributed by atoms with van der Waals surface area (Å²) in [6, 6.07) is 9.65. The number of esters is 1. The predicted octanol–water partition coefficient (Wildman–Crippen LogP) is 2.38. The van der Waals surface area contributed by atoms with Gasteiger partial charge in [0.05, 0.1) is 19.8 Å². The molecule has 0 N–H and O–H groups in total. The maximum Gasteiger partial charge on any atom is 0.324 e. The Morgan fingerprint density at radius 2 is 2.09 bits per heavy atom. The average molecular weight is 328 g/mol.